The van der Waals surface area contributed by atoms with Gasteiger partial charge in [-0.25, -0.2) is 0 Å². The molecule has 0 bridgehead atoms. The minimum absolute atomic E-state index is 0.0684. The zero-order chi connectivity index (χ0) is 45.5. The smallest absolute Gasteiger partial charge is 0.193 e. The SMILES string of the molecule is CC(C)(C)[Si](C)(C)OCC1OC=CC(O[Si](C)(C)C(C)(C)C)C1O.CC1C(O[Si](C)(C)C(C)(C)C)C=COC1CO[Si](C)(C)C(C)(C)C.OCC1OC=CC(O)C1O. The summed E-state index contributed by atoms with van der Waals surface area (Å²) in [7, 11) is -7.36. The highest BCUT2D eigenvalue weighted by atomic mass is 28.4. The number of hydrogen-bond acceptors (Lipinski definition) is 11. The van der Waals surface area contributed by atoms with Crippen LogP contribution in [0.1, 0.15) is 90.0 Å². The summed E-state index contributed by atoms with van der Waals surface area (Å²) in [5.41, 5.74) is 0. The maximum absolute atomic E-state index is 10.7. The van der Waals surface area contributed by atoms with Crippen LogP contribution in [0.3, 0.4) is 0 Å². The maximum Gasteiger partial charge on any atom is 0.193 e. The lowest BCUT2D eigenvalue weighted by molar-refractivity contribution is -0.0808. The molecule has 0 fully saturated rings. The van der Waals surface area contributed by atoms with Gasteiger partial charge in [-0.1, -0.05) is 90.0 Å². The van der Waals surface area contributed by atoms with Crippen molar-refractivity contribution in [2.75, 3.05) is 19.8 Å². The Morgan fingerprint density at radius 3 is 1.22 bits per heavy atom. The van der Waals surface area contributed by atoms with Gasteiger partial charge in [0.15, 0.2) is 33.3 Å². The number of rotatable bonds is 11. The van der Waals surface area contributed by atoms with Crippen LogP contribution in [-0.4, -0.2) is 122 Å². The third-order valence-electron chi connectivity index (χ3n) is 13.6. The van der Waals surface area contributed by atoms with E-state index in [2.05, 4.69) is 148 Å². The molecule has 3 aliphatic heterocycles. The van der Waals surface area contributed by atoms with Gasteiger partial charge in [0.1, 0.15) is 36.6 Å². The second kappa shape index (κ2) is 21.0. The third kappa shape index (κ3) is 15.8. The molecular weight excluding hydrogens is 805 g/mol. The summed E-state index contributed by atoms with van der Waals surface area (Å²) < 4.78 is 41.9. The predicted molar refractivity (Wildman–Crippen MR) is 247 cm³/mol. The zero-order valence-electron chi connectivity index (χ0n) is 40.4. The molecule has 58 heavy (non-hydrogen) atoms. The van der Waals surface area contributed by atoms with E-state index in [1.807, 2.05) is 12.3 Å². The van der Waals surface area contributed by atoms with Crippen LogP contribution >= 0.6 is 0 Å². The highest BCUT2D eigenvalue weighted by molar-refractivity contribution is 6.75. The molecule has 4 N–H and O–H groups in total. The summed E-state index contributed by atoms with van der Waals surface area (Å²) in [5, 5.41) is 37.9. The largest absolute Gasteiger partial charge is 0.496 e. The zero-order valence-corrected chi connectivity index (χ0v) is 44.4. The van der Waals surface area contributed by atoms with Crippen LogP contribution in [0.2, 0.25) is 72.5 Å². The second-order valence-electron chi connectivity index (χ2n) is 22.4. The standard InChI is InChI=1S/C19H40O3Si2.C18H38O4Si2.C6H10O4/c1-15-16(22-24(10,11)19(5,6)7)12-13-20-17(15)14-21-23(8,9)18(2,3)4;1-17(2,3)23(7,8)21-13-15-16(19)14(11-12-20-15)22-24(9,10)18(4,5)6;7-3-5-6(9)4(8)1-2-10-5/h12-13,15-17H,14H2,1-11H3;11-12,14-16,19H,13H2,1-10H3;1-2,4-9H,3H2. The molecule has 0 radical (unpaired) electrons. The molecular formula is C43H88O11Si4. The van der Waals surface area contributed by atoms with Crippen molar-refractivity contribution in [2.24, 2.45) is 5.92 Å². The van der Waals surface area contributed by atoms with Crippen molar-refractivity contribution < 1.29 is 52.3 Å². The molecule has 0 aromatic carbocycles. The van der Waals surface area contributed by atoms with Gasteiger partial charge in [0.05, 0.1) is 50.8 Å². The maximum atomic E-state index is 10.7. The van der Waals surface area contributed by atoms with E-state index in [0.29, 0.717) is 19.1 Å². The van der Waals surface area contributed by atoms with Crippen LogP contribution in [-0.2, 0) is 31.9 Å². The van der Waals surface area contributed by atoms with Gasteiger partial charge in [0.2, 0.25) is 0 Å². The summed E-state index contributed by atoms with van der Waals surface area (Å²) >= 11 is 0. The number of aliphatic hydroxyl groups is 4. The molecule has 0 aromatic heterocycles. The fourth-order valence-electron chi connectivity index (χ4n) is 4.79. The van der Waals surface area contributed by atoms with Crippen molar-refractivity contribution in [3.05, 3.63) is 37.0 Å². The fourth-order valence-corrected chi connectivity index (χ4v) is 9.40. The molecule has 3 heterocycles. The molecule has 15 heteroatoms. The first-order chi connectivity index (χ1) is 25.9. The summed E-state index contributed by atoms with van der Waals surface area (Å²) in [6.07, 6.45) is 6.13. The fraction of sp³-hybridized carbons (Fsp3) is 0.860. The van der Waals surface area contributed by atoms with E-state index < -0.39 is 57.7 Å². The predicted octanol–water partition coefficient (Wildman–Crippen LogP) is 9.23. The Kier molecular flexibility index (Phi) is 20.0. The van der Waals surface area contributed by atoms with Crippen molar-refractivity contribution in [3.8, 4) is 0 Å². The first-order valence-electron chi connectivity index (χ1n) is 21.2. The minimum Gasteiger partial charge on any atom is -0.496 e. The molecule has 9 atom stereocenters. The molecule has 9 unspecified atom stereocenters. The van der Waals surface area contributed by atoms with Crippen LogP contribution in [0, 0.1) is 5.92 Å². The van der Waals surface area contributed by atoms with Crippen LogP contribution in [0.25, 0.3) is 0 Å². The molecule has 3 aliphatic rings. The quantitative estimate of drug-likeness (QED) is 0.147. The van der Waals surface area contributed by atoms with Gasteiger partial charge in [-0.15, -0.1) is 0 Å². The highest BCUT2D eigenvalue weighted by Crippen LogP contribution is 2.42. The number of hydrogen-bond donors (Lipinski definition) is 4. The van der Waals surface area contributed by atoms with E-state index in [0.717, 1.165) is 0 Å². The Morgan fingerprint density at radius 1 is 0.483 bits per heavy atom. The molecule has 0 aliphatic carbocycles. The van der Waals surface area contributed by atoms with Crippen LogP contribution < -0.4 is 0 Å². The van der Waals surface area contributed by atoms with Crippen LogP contribution in [0.5, 0.6) is 0 Å². The normalized spacial score (nSPS) is 28.6. The molecule has 3 rings (SSSR count). The first-order valence-corrected chi connectivity index (χ1v) is 32.8. The summed E-state index contributed by atoms with van der Waals surface area (Å²) in [6.45, 7) is 47.9. The van der Waals surface area contributed by atoms with Gasteiger partial charge >= 0.3 is 0 Å². The summed E-state index contributed by atoms with van der Waals surface area (Å²) in [4.78, 5) is 0. The Balaban J connectivity index is 0.000000470. The van der Waals surface area contributed by atoms with Crippen molar-refractivity contribution in [1.29, 1.82) is 0 Å². The molecule has 0 spiro atoms. The van der Waals surface area contributed by atoms with Gasteiger partial charge < -0.3 is 52.3 Å². The Labute approximate surface area is 358 Å². The van der Waals surface area contributed by atoms with E-state index in [9.17, 15) is 5.11 Å². The van der Waals surface area contributed by atoms with Crippen molar-refractivity contribution in [2.45, 2.75) is 211 Å². The average molecular weight is 894 g/mol. The van der Waals surface area contributed by atoms with Gasteiger partial charge in [-0.05, 0) is 90.8 Å². The van der Waals surface area contributed by atoms with E-state index in [1.165, 1.54) is 12.3 Å². The Bertz CT molecular complexity index is 1240. The molecule has 0 saturated carbocycles. The summed E-state index contributed by atoms with van der Waals surface area (Å²) in [5.74, 6) is 0.300. The topological polar surface area (TPSA) is 146 Å². The molecule has 0 saturated heterocycles. The van der Waals surface area contributed by atoms with Gasteiger partial charge in [0.25, 0.3) is 0 Å². The van der Waals surface area contributed by atoms with E-state index in [4.69, 9.17) is 47.2 Å². The lowest BCUT2D eigenvalue weighted by Gasteiger charge is -2.43. The van der Waals surface area contributed by atoms with Crippen LogP contribution in [0.15, 0.2) is 37.0 Å². The lowest BCUT2D eigenvalue weighted by Crippen LogP contribution is -2.52. The monoisotopic (exact) mass is 893 g/mol. The highest BCUT2D eigenvalue weighted by Gasteiger charge is 2.45. The van der Waals surface area contributed by atoms with Gasteiger partial charge in [0, 0.05) is 5.92 Å². The molecule has 0 aromatic rings. The number of ether oxygens (including phenoxy) is 3. The van der Waals surface area contributed by atoms with Crippen LogP contribution in [0.4, 0.5) is 0 Å². The molecule has 342 valence electrons. The summed E-state index contributed by atoms with van der Waals surface area (Å²) in [6, 6.07) is 0. The van der Waals surface area contributed by atoms with Crippen molar-refractivity contribution >= 4 is 33.3 Å². The number of aliphatic hydroxyl groups excluding tert-OH is 4. The van der Waals surface area contributed by atoms with E-state index in [-0.39, 0.29) is 51.2 Å². The Morgan fingerprint density at radius 2 is 0.828 bits per heavy atom. The van der Waals surface area contributed by atoms with E-state index >= 15 is 0 Å². The van der Waals surface area contributed by atoms with E-state index in [1.54, 1.807) is 6.26 Å². The minimum atomic E-state index is -1.95. The lowest BCUT2D eigenvalue weighted by atomic mass is 9.97. The van der Waals surface area contributed by atoms with Crippen molar-refractivity contribution in [3.63, 3.8) is 0 Å². The van der Waals surface area contributed by atoms with Gasteiger partial charge in [-0.2, -0.15) is 0 Å². The third-order valence-corrected chi connectivity index (χ3v) is 31.6. The second-order valence-corrected chi connectivity index (χ2v) is 41.5. The molecule has 11 nitrogen and oxygen atoms in total. The molecule has 0 amide bonds. The first kappa shape index (κ1) is 55.2. The average Bonchev–Trinajstić information content (AvgIpc) is 3.05. The van der Waals surface area contributed by atoms with Gasteiger partial charge in [-0.3, -0.25) is 0 Å². The Hall–Kier alpha value is -0.832. The van der Waals surface area contributed by atoms with Crippen molar-refractivity contribution in [1.82, 2.24) is 0 Å².